The quantitative estimate of drug-likeness (QED) is 0.592. The molecule has 2 aromatic heterocycles. The fourth-order valence-electron chi connectivity index (χ4n) is 2.91. The van der Waals surface area contributed by atoms with Gasteiger partial charge >= 0.3 is 5.97 Å². The molecule has 1 atom stereocenters. The minimum atomic E-state index is -1.16. The summed E-state index contributed by atoms with van der Waals surface area (Å²) in [5.74, 6) is -3.01. The standard InChI is InChI=1S/C21H20F2N2O3S/c1-12-9-17(13(2)25(12)11-16-5-4-8-29-16)21(27)28-14(3)20(26)24-19-7-6-15(22)10-18(19)23/h4-10,14H,11H2,1-3H3,(H,24,26). The van der Waals surface area contributed by atoms with Crippen molar-refractivity contribution in [1.82, 2.24) is 4.57 Å². The smallest absolute Gasteiger partial charge is 0.340 e. The lowest BCUT2D eigenvalue weighted by atomic mass is 10.2. The molecule has 0 bridgehead atoms. The van der Waals surface area contributed by atoms with Gasteiger partial charge in [-0.3, -0.25) is 4.79 Å². The van der Waals surface area contributed by atoms with Crippen molar-refractivity contribution in [3.05, 3.63) is 75.2 Å². The summed E-state index contributed by atoms with van der Waals surface area (Å²) in [6.45, 7) is 5.74. The van der Waals surface area contributed by atoms with Gasteiger partial charge in [-0.2, -0.15) is 0 Å². The van der Waals surface area contributed by atoms with E-state index in [2.05, 4.69) is 5.32 Å². The van der Waals surface area contributed by atoms with E-state index in [9.17, 15) is 18.4 Å². The minimum Gasteiger partial charge on any atom is -0.449 e. The van der Waals surface area contributed by atoms with Gasteiger partial charge in [0.05, 0.1) is 17.8 Å². The summed E-state index contributed by atoms with van der Waals surface area (Å²) in [6, 6.07) is 8.49. The van der Waals surface area contributed by atoms with Gasteiger partial charge in [0.1, 0.15) is 11.6 Å². The van der Waals surface area contributed by atoms with E-state index in [1.54, 1.807) is 17.4 Å². The number of anilines is 1. The van der Waals surface area contributed by atoms with Crippen molar-refractivity contribution in [2.24, 2.45) is 0 Å². The Balaban J connectivity index is 1.68. The van der Waals surface area contributed by atoms with Gasteiger partial charge in [0.15, 0.2) is 6.10 Å². The third-order valence-corrected chi connectivity index (χ3v) is 5.39. The van der Waals surface area contributed by atoms with E-state index in [0.29, 0.717) is 18.2 Å². The van der Waals surface area contributed by atoms with Crippen LogP contribution in [0.5, 0.6) is 0 Å². The SMILES string of the molecule is Cc1cc(C(=O)OC(C)C(=O)Nc2ccc(F)cc2F)c(C)n1Cc1cccs1. The number of aryl methyl sites for hydroxylation is 1. The van der Waals surface area contributed by atoms with E-state index in [1.165, 1.54) is 6.92 Å². The van der Waals surface area contributed by atoms with E-state index < -0.39 is 29.6 Å². The molecule has 0 saturated carbocycles. The van der Waals surface area contributed by atoms with Crippen LogP contribution in [0, 0.1) is 25.5 Å². The molecule has 0 aliphatic carbocycles. The summed E-state index contributed by atoms with van der Waals surface area (Å²) in [6.07, 6.45) is -1.16. The molecule has 1 unspecified atom stereocenters. The molecule has 0 radical (unpaired) electrons. The summed E-state index contributed by atoms with van der Waals surface area (Å²) in [4.78, 5) is 26.0. The first kappa shape index (κ1) is 20.7. The molecular formula is C21H20F2N2O3S. The van der Waals surface area contributed by atoms with Crippen LogP contribution < -0.4 is 5.32 Å². The molecule has 3 aromatic rings. The largest absolute Gasteiger partial charge is 0.449 e. The maximum atomic E-state index is 13.7. The number of ether oxygens (including phenoxy) is 1. The first-order chi connectivity index (χ1) is 13.8. The number of amides is 1. The minimum absolute atomic E-state index is 0.187. The predicted octanol–water partition coefficient (Wildman–Crippen LogP) is 4.68. The highest BCUT2D eigenvalue weighted by Gasteiger charge is 2.23. The molecule has 0 aliphatic heterocycles. The van der Waals surface area contributed by atoms with Crippen molar-refractivity contribution in [1.29, 1.82) is 0 Å². The zero-order valence-corrected chi connectivity index (χ0v) is 17.0. The highest BCUT2D eigenvalue weighted by Crippen LogP contribution is 2.21. The monoisotopic (exact) mass is 418 g/mol. The Morgan fingerprint density at radius 1 is 1.21 bits per heavy atom. The number of thiophene rings is 1. The van der Waals surface area contributed by atoms with Crippen LogP contribution in [0.4, 0.5) is 14.5 Å². The van der Waals surface area contributed by atoms with Crippen LogP contribution in [-0.2, 0) is 16.1 Å². The number of nitrogens with one attached hydrogen (secondary N) is 1. The van der Waals surface area contributed by atoms with Crippen molar-refractivity contribution >= 4 is 28.9 Å². The van der Waals surface area contributed by atoms with Crippen molar-refractivity contribution in [2.45, 2.75) is 33.4 Å². The maximum Gasteiger partial charge on any atom is 0.340 e. The molecule has 5 nitrogen and oxygen atoms in total. The molecule has 8 heteroatoms. The highest BCUT2D eigenvalue weighted by atomic mass is 32.1. The molecule has 2 heterocycles. The molecule has 1 amide bonds. The molecule has 1 aromatic carbocycles. The van der Waals surface area contributed by atoms with E-state index in [-0.39, 0.29) is 5.69 Å². The van der Waals surface area contributed by atoms with Crippen LogP contribution in [0.15, 0.2) is 41.8 Å². The Morgan fingerprint density at radius 3 is 2.62 bits per heavy atom. The molecule has 3 rings (SSSR count). The van der Waals surface area contributed by atoms with E-state index >= 15 is 0 Å². The average Bonchev–Trinajstić information content (AvgIpc) is 3.27. The summed E-state index contributed by atoms with van der Waals surface area (Å²) >= 11 is 1.63. The summed E-state index contributed by atoms with van der Waals surface area (Å²) in [7, 11) is 0. The number of benzene rings is 1. The third kappa shape index (κ3) is 4.71. The molecule has 1 N–H and O–H groups in total. The molecular weight excluding hydrogens is 398 g/mol. The molecule has 0 saturated heterocycles. The number of aromatic nitrogens is 1. The Morgan fingerprint density at radius 2 is 1.97 bits per heavy atom. The normalized spacial score (nSPS) is 11.9. The lowest BCUT2D eigenvalue weighted by molar-refractivity contribution is -0.123. The van der Waals surface area contributed by atoms with Crippen molar-refractivity contribution in [2.75, 3.05) is 5.32 Å². The van der Waals surface area contributed by atoms with Crippen LogP contribution in [0.3, 0.4) is 0 Å². The van der Waals surface area contributed by atoms with E-state index in [1.807, 2.05) is 35.9 Å². The van der Waals surface area contributed by atoms with E-state index in [0.717, 1.165) is 28.4 Å². The Bertz CT molecular complexity index is 1040. The number of hydrogen-bond donors (Lipinski definition) is 1. The molecule has 0 spiro atoms. The van der Waals surface area contributed by atoms with Gasteiger partial charge in [-0.1, -0.05) is 6.07 Å². The van der Waals surface area contributed by atoms with Crippen LogP contribution in [0.2, 0.25) is 0 Å². The molecule has 152 valence electrons. The topological polar surface area (TPSA) is 60.3 Å². The highest BCUT2D eigenvalue weighted by molar-refractivity contribution is 7.09. The number of halogens is 2. The van der Waals surface area contributed by atoms with Crippen LogP contribution in [0.25, 0.3) is 0 Å². The van der Waals surface area contributed by atoms with Gasteiger partial charge in [-0.05, 0) is 50.4 Å². The summed E-state index contributed by atoms with van der Waals surface area (Å²) in [5.41, 5.74) is 1.81. The number of esters is 1. The van der Waals surface area contributed by atoms with Gasteiger partial charge < -0.3 is 14.6 Å². The Hall–Kier alpha value is -3.00. The number of carbonyl (C=O) groups is 2. The van der Waals surface area contributed by atoms with Crippen molar-refractivity contribution in [3.63, 3.8) is 0 Å². The predicted molar refractivity (Wildman–Crippen MR) is 107 cm³/mol. The number of nitrogens with zero attached hydrogens (tertiary/aromatic N) is 1. The second kappa shape index (κ2) is 8.57. The fraction of sp³-hybridized carbons (Fsp3) is 0.238. The number of rotatable bonds is 6. The Labute approximate surface area is 170 Å². The first-order valence-corrected chi connectivity index (χ1v) is 9.80. The van der Waals surface area contributed by atoms with Gasteiger partial charge in [-0.15, -0.1) is 11.3 Å². The van der Waals surface area contributed by atoms with Gasteiger partial charge in [0.25, 0.3) is 5.91 Å². The summed E-state index contributed by atoms with van der Waals surface area (Å²) < 4.78 is 33.9. The lowest BCUT2D eigenvalue weighted by Gasteiger charge is -2.14. The van der Waals surface area contributed by atoms with Crippen LogP contribution in [-0.4, -0.2) is 22.5 Å². The Kier molecular flexibility index (Phi) is 6.12. The van der Waals surface area contributed by atoms with Gasteiger partial charge in [0.2, 0.25) is 0 Å². The van der Waals surface area contributed by atoms with Crippen molar-refractivity contribution < 1.29 is 23.1 Å². The van der Waals surface area contributed by atoms with Crippen molar-refractivity contribution in [3.8, 4) is 0 Å². The average molecular weight is 418 g/mol. The fourth-order valence-corrected chi connectivity index (χ4v) is 3.60. The van der Waals surface area contributed by atoms with Crippen LogP contribution in [0.1, 0.15) is 33.5 Å². The third-order valence-electron chi connectivity index (χ3n) is 4.53. The zero-order chi connectivity index (χ0) is 21.1. The van der Waals surface area contributed by atoms with Crippen LogP contribution >= 0.6 is 11.3 Å². The first-order valence-electron chi connectivity index (χ1n) is 8.92. The second-order valence-corrected chi connectivity index (χ2v) is 7.64. The molecule has 0 aliphatic rings. The summed E-state index contributed by atoms with van der Waals surface area (Å²) in [5, 5.41) is 4.28. The lowest BCUT2D eigenvalue weighted by Crippen LogP contribution is -2.30. The van der Waals surface area contributed by atoms with E-state index in [4.69, 9.17) is 4.74 Å². The zero-order valence-electron chi connectivity index (χ0n) is 16.2. The number of carbonyl (C=O) groups excluding carboxylic acids is 2. The number of hydrogen-bond acceptors (Lipinski definition) is 4. The molecule has 29 heavy (non-hydrogen) atoms. The molecule has 0 fully saturated rings. The van der Waals surface area contributed by atoms with Gasteiger partial charge in [0, 0.05) is 22.3 Å². The maximum absolute atomic E-state index is 13.7. The van der Waals surface area contributed by atoms with Gasteiger partial charge in [-0.25, -0.2) is 13.6 Å². The second-order valence-electron chi connectivity index (χ2n) is 6.61.